The van der Waals surface area contributed by atoms with Crippen molar-refractivity contribution in [1.82, 2.24) is 14.5 Å². The molecule has 9 heteroatoms. The Bertz CT molecular complexity index is 1770. The number of hydrogen-bond donors (Lipinski definition) is 0. The van der Waals surface area contributed by atoms with Crippen LogP contribution in [-0.2, 0) is 27.6 Å². The zero-order valence-electron chi connectivity index (χ0n) is 20.4. The Kier molecular flexibility index (Phi) is 6.86. The molecule has 0 fully saturated rings. The highest BCUT2D eigenvalue weighted by Crippen LogP contribution is 2.31. The van der Waals surface area contributed by atoms with E-state index in [0.717, 1.165) is 28.5 Å². The second kappa shape index (κ2) is 10.3. The number of nitrogens with zero attached hydrogens (tertiary/aromatic N) is 3. The van der Waals surface area contributed by atoms with Crippen LogP contribution < -0.4 is 0 Å². The molecule has 0 saturated carbocycles. The lowest BCUT2D eigenvalue weighted by molar-refractivity contribution is -0.116. The fourth-order valence-corrected chi connectivity index (χ4v) is 5.97. The van der Waals surface area contributed by atoms with Gasteiger partial charge in [0.25, 0.3) is 0 Å². The van der Waals surface area contributed by atoms with Gasteiger partial charge in [0.05, 0.1) is 15.8 Å². The highest BCUT2D eigenvalue weighted by atomic mass is 32.2. The first-order valence-electron chi connectivity index (χ1n) is 11.8. The van der Waals surface area contributed by atoms with Crippen molar-refractivity contribution in [3.8, 4) is 11.1 Å². The number of carbonyl (C=O) groups is 1. The van der Waals surface area contributed by atoms with Gasteiger partial charge in [0, 0.05) is 49.0 Å². The molecule has 6 nitrogen and oxygen atoms in total. The van der Waals surface area contributed by atoms with E-state index < -0.39 is 33.0 Å². The predicted molar refractivity (Wildman–Crippen MR) is 140 cm³/mol. The summed E-state index contributed by atoms with van der Waals surface area (Å²) in [5.41, 5.74) is 4.07. The second-order valence-corrected chi connectivity index (χ2v) is 11.0. The lowest BCUT2D eigenvalue weighted by Crippen LogP contribution is -2.18. The van der Waals surface area contributed by atoms with E-state index in [2.05, 4.69) is 9.97 Å². The van der Waals surface area contributed by atoms with Gasteiger partial charge in [0.1, 0.15) is 17.4 Å². The van der Waals surface area contributed by atoms with Gasteiger partial charge >= 0.3 is 0 Å². The van der Waals surface area contributed by atoms with E-state index >= 15 is 0 Å². The van der Waals surface area contributed by atoms with Gasteiger partial charge in [0.2, 0.25) is 0 Å². The van der Waals surface area contributed by atoms with Crippen molar-refractivity contribution in [3.05, 3.63) is 114 Å². The molecule has 0 atom stereocenters. The molecule has 0 spiro atoms. The molecule has 192 valence electrons. The van der Waals surface area contributed by atoms with Crippen LogP contribution in [0.25, 0.3) is 22.0 Å². The Labute approximate surface area is 218 Å². The molecule has 0 aliphatic heterocycles. The largest absolute Gasteiger partial charge is 0.342 e. The summed E-state index contributed by atoms with van der Waals surface area (Å²) in [6.07, 6.45) is 4.34. The molecule has 0 aliphatic rings. The third-order valence-corrected chi connectivity index (χ3v) is 7.85. The van der Waals surface area contributed by atoms with E-state index in [4.69, 9.17) is 0 Å². The number of rotatable bonds is 8. The van der Waals surface area contributed by atoms with Gasteiger partial charge in [-0.3, -0.25) is 14.8 Å². The number of pyridine rings is 2. The fourth-order valence-electron chi connectivity index (χ4n) is 4.49. The van der Waals surface area contributed by atoms with Crippen LogP contribution in [0, 0.1) is 18.6 Å². The molecule has 0 N–H and O–H groups in total. The standard InChI is InChI=1S/C29H23F2N3O3S/c1-19-11-22(8-10-32-19)21-6-4-5-20(12-21)16-34-17-28(29-26(31)13-23(30)14-27(29)34)38(36,37)18-25(35)15-24-7-2-3-9-33-24/h2-14,17H,15-16,18H2,1H3. The summed E-state index contributed by atoms with van der Waals surface area (Å²) in [4.78, 5) is 20.5. The average molecular weight is 532 g/mol. The van der Waals surface area contributed by atoms with Crippen LogP contribution in [0.1, 0.15) is 17.0 Å². The number of aromatic nitrogens is 3. The summed E-state index contributed by atoms with van der Waals surface area (Å²) in [5.74, 6) is -3.23. The normalized spacial score (nSPS) is 11.7. The zero-order valence-corrected chi connectivity index (χ0v) is 21.3. The minimum atomic E-state index is -4.24. The Morgan fingerprint density at radius 1 is 0.921 bits per heavy atom. The highest BCUT2D eigenvalue weighted by molar-refractivity contribution is 7.92. The second-order valence-electron chi connectivity index (χ2n) is 9.08. The summed E-state index contributed by atoms with van der Waals surface area (Å²) < 4.78 is 57.3. The Balaban J connectivity index is 1.51. The van der Waals surface area contributed by atoms with Gasteiger partial charge < -0.3 is 4.57 Å². The summed E-state index contributed by atoms with van der Waals surface area (Å²) >= 11 is 0. The summed E-state index contributed by atoms with van der Waals surface area (Å²) in [7, 11) is -4.24. The van der Waals surface area contributed by atoms with E-state index in [-0.39, 0.29) is 28.8 Å². The van der Waals surface area contributed by atoms with Crippen molar-refractivity contribution in [2.24, 2.45) is 0 Å². The molecular weight excluding hydrogens is 508 g/mol. The first-order valence-corrected chi connectivity index (χ1v) is 13.5. The number of benzene rings is 2. The van der Waals surface area contributed by atoms with Gasteiger partial charge in [-0.25, -0.2) is 17.2 Å². The number of halogens is 2. The molecular formula is C29H23F2N3O3S. The number of fused-ring (bicyclic) bond motifs is 1. The molecule has 0 bridgehead atoms. The van der Waals surface area contributed by atoms with Crippen molar-refractivity contribution in [3.63, 3.8) is 0 Å². The first-order chi connectivity index (χ1) is 18.2. The van der Waals surface area contributed by atoms with Crippen molar-refractivity contribution in [2.75, 3.05) is 5.75 Å². The summed E-state index contributed by atoms with van der Waals surface area (Å²) in [5, 5.41) is -0.238. The Hall–Kier alpha value is -4.24. The Morgan fingerprint density at radius 3 is 2.50 bits per heavy atom. The van der Waals surface area contributed by atoms with E-state index in [9.17, 15) is 22.0 Å². The van der Waals surface area contributed by atoms with Gasteiger partial charge in [-0.05, 0) is 60.0 Å². The van der Waals surface area contributed by atoms with E-state index in [1.165, 1.54) is 17.0 Å². The third kappa shape index (κ3) is 5.38. The number of sulfone groups is 1. The number of ketones is 1. The molecule has 38 heavy (non-hydrogen) atoms. The van der Waals surface area contributed by atoms with Gasteiger partial charge in [0.15, 0.2) is 15.6 Å². The van der Waals surface area contributed by atoms with Crippen molar-refractivity contribution in [2.45, 2.75) is 24.8 Å². The third-order valence-electron chi connectivity index (χ3n) is 6.16. The molecule has 3 aromatic heterocycles. The predicted octanol–water partition coefficient (Wildman–Crippen LogP) is 5.32. The van der Waals surface area contributed by atoms with Crippen LogP contribution >= 0.6 is 0 Å². The van der Waals surface area contributed by atoms with Crippen LogP contribution in [0.5, 0.6) is 0 Å². The SMILES string of the molecule is Cc1cc(-c2cccc(Cn3cc(S(=O)(=O)CC(=O)Cc4ccccn4)c4c(F)cc(F)cc43)c2)ccn1. The van der Waals surface area contributed by atoms with E-state index in [1.54, 1.807) is 24.4 Å². The molecule has 0 radical (unpaired) electrons. The van der Waals surface area contributed by atoms with Crippen LogP contribution in [-0.4, -0.2) is 34.5 Å². The van der Waals surface area contributed by atoms with Crippen molar-refractivity contribution in [1.29, 1.82) is 0 Å². The van der Waals surface area contributed by atoms with E-state index in [0.29, 0.717) is 11.8 Å². The lowest BCUT2D eigenvalue weighted by atomic mass is 10.0. The molecule has 5 rings (SSSR count). The molecule has 2 aromatic carbocycles. The van der Waals surface area contributed by atoms with Crippen molar-refractivity contribution < 1.29 is 22.0 Å². The first kappa shape index (κ1) is 25.4. The average Bonchev–Trinajstić information content (AvgIpc) is 3.24. The minimum absolute atomic E-state index is 0.0865. The van der Waals surface area contributed by atoms with E-state index in [1.807, 2.05) is 43.3 Å². The van der Waals surface area contributed by atoms with Gasteiger partial charge in [-0.2, -0.15) is 0 Å². The number of carbonyl (C=O) groups excluding carboxylic acids is 1. The molecule has 0 amide bonds. The quantitative estimate of drug-likeness (QED) is 0.271. The zero-order chi connectivity index (χ0) is 26.9. The minimum Gasteiger partial charge on any atom is -0.342 e. The maximum atomic E-state index is 15.0. The maximum Gasteiger partial charge on any atom is 0.187 e. The van der Waals surface area contributed by atoms with Crippen molar-refractivity contribution >= 4 is 26.5 Å². The highest BCUT2D eigenvalue weighted by Gasteiger charge is 2.27. The Morgan fingerprint density at radius 2 is 1.74 bits per heavy atom. The smallest absolute Gasteiger partial charge is 0.187 e. The number of hydrogen-bond acceptors (Lipinski definition) is 5. The molecule has 0 unspecified atom stereocenters. The molecule has 0 aliphatic carbocycles. The fraction of sp³-hybridized carbons (Fsp3) is 0.138. The van der Waals surface area contributed by atoms with Crippen LogP contribution in [0.2, 0.25) is 0 Å². The number of Topliss-reactive ketones (excluding diaryl/α,β-unsaturated/α-hetero) is 1. The molecule has 0 saturated heterocycles. The van der Waals surface area contributed by atoms with Crippen LogP contribution in [0.3, 0.4) is 0 Å². The molecule has 3 heterocycles. The summed E-state index contributed by atoms with van der Waals surface area (Å²) in [6.45, 7) is 2.06. The van der Waals surface area contributed by atoms with Crippen LogP contribution in [0.4, 0.5) is 8.78 Å². The van der Waals surface area contributed by atoms with Gasteiger partial charge in [-0.15, -0.1) is 0 Å². The van der Waals surface area contributed by atoms with Gasteiger partial charge in [-0.1, -0.05) is 24.3 Å². The molecule has 5 aromatic rings. The topological polar surface area (TPSA) is 81.9 Å². The lowest BCUT2D eigenvalue weighted by Gasteiger charge is -2.09. The number of aryl methyl sites for hydroxylation is 1. The monoisotopic (exact) mass is 531 g/mol. The maximum absolute atomic E-state index is 15.0. The summed E-state index contributed by atoms with van der Waals surface area (Å²) in [6, 6.07) is 18.2. The van der Waals surface area contributed by atoms with Crippen LogP contribution in [0.15, 0.2) is 90.2 Å².